The minimum absolute atomic E-state index is 0.0893. The predicted molar refractivity (Wildman–Crippen MR) is 87.3 cm³/mol. The molecule has 0 aliphatic heterocycles. The Kier molecular flexibility index (Phi) is 3.18. The normalized spacial score (nSPS) is 54.3. The van der Waals surface area contributed by atoms with Crippen molar-refractivity contribution in [3.63, 3.8) is 0 Å². The van der Waals surface area contributed by atoms with Crippen molar-refractivity contribution < 1.29 is 9.90 Å². The van der Waals surface area contributed by atoms with E-state index >= 15 is 0 Å². The van der Waals surface area contributed by atoms with E-state index in [1.54, 1.807) is 0 Å². The van der Waals surface area contributed by atoms with E-state index in [1.165, 1.54) is 31.3 Å². The molecule has 2 nitrogen and oxygen atoms in total. The van der Waals surface area contributed by atoms with Gasteiger partial charge in [0, 0.05) is 6.42 Å². The van der Waals surface area contributed by atoms with Crippen LogP contribution in [0.3, 0.4) is 0 Å². The molecule has 3 saturated carbocycles. The molecule has 122 valence electrons. The van der Waals surface area contributed by atoms with Crippen LogP contribution in [0.5, 0.6) is 0 Å². The summed E-state index contributed by atoms with van der Waals surface area (Å²) in [5, 5.41) is 10.5. The molecular formula is C20H30O2. The number of ketones is 1. The zero-order chi connectivity index (χ0) is 15.7. The summed E-state index contributed by atoms with van der Waals surface area (Å²) in [5.74, 6) is 3.00. The Morgan fingerprint density at radius 3 is 2.68 bits per heavy atom. The molecule has 7 atom stereocenters. The maximum Gasteiger partial charge on any atom is 0.155 e. The van der Waals surface area contributed by atoms with E-state index in [-0.39, 0.29) is 16.9 Å². The van der Waals surface area contributed by atoms with Gasteiger partial charge < -0.3 is 5.11 Å². The van der Waals surface area contributed by atoms with Gasteiger partial charge in [0.25, 0.3) is 0 Å². The summed E-state index contributed by atoms with van der Waals surface area (Å²) in [6.45, 7) is 7.08. The Morgan fingerprint density at radius 1 is 1.14 bits per heavy atom. The zero-order valence-corrected chi connectivity index (χ0v) is 14.3. The molecule has 4 aliphatic rings. The maximum absolute atomic E-state index is 12.0. The van der Waals surface area contributed by atoms with Gasteiger partial charge in [-0.2, -0.15) is 0 Å². The predicted octanol–water partition coefficient (Wildman–Crippen LogP) is 4.13. The Hall–Kier alpha value is -0.630. The standard InChI is InChI=1S/C20H30O2/c1-12-10-14(21)11-13-4-5-15-16-6-7-18(22)19(16,2)9-8-17(15)20(12,13)3/h11-12,15-18,22H,4-10H2,1-3H3/t12?,15-,16-,17+,18?,19-,20-/m0/s1. The fraction of sp³-hybridized carbons (Fsp3) is 0.850. The highest BCUT2D eigenvalue weighted by Crippen LogP contribution is 2.66. The molecule has 22 heavy (non-hydrogen) atoms. The highest BCUT2D eigenvalue weighted by Gasteiger charge is 2.59. The van der Waals surface area contributed by atoms with E-state index in [0.29, 0.717) is 17.6 Å². The molecule has 0 saturated heterocycles. The van der Waals surface area contributed by atoms with Crippen molar-refractivity contribution in [3.05, 3.63) is 11.6 Å². The van der Waals surface area contributed by atoms with E-state index in [2.05, 4.69) is 20.8 Å². The molecule has 2 unspecified atom stereocenters. The second-order valence-electron chi connectivity index (χ2n) is 9.08. The number of carbonyl (C=O) groups excluding carboxylic acids is 1. The van der Waals surface area contributed by atoms with Crippen molar-refractivity contribution in [2.75, 3.05) is 0 Å². The van der Waals surface area contributed by atoms with Gasteiger partial charge in [-0.25, -0.2) is 0 Å². The smallest absolute Gasteiger partial charge is 0.155 e. The Labute approximate surface area is 134 Å². The van der Waals surface area contributed by atoms with Gasteiger partial charge in [0.05, 0.1) is 6.10 Å². The summed E-state index contributed by atoms with van der Waals surface area (Å²) < 4.78 is 0. The lowest BCUT2D eigenvalue weighted by Gasteiger charge is -2.59. The van der Waals surface area contributed by atoms with E-state index in [9.17, 15) is 9.90 Å². The van der Waals surface area contributed by atoms with Crippen LogP contribution >= 0.6 is 0 Å². The van der Waals surface area contributed by atoms with Crippen LogP contribution in [0.4, 0.5) is 0 Å². The van der Waals surface area contributed by atoms with Crippen LogP contribution in [0, 0.1) is 34.5 Å². The zero-order valence-electron chi connectivity index (χ0n) is 14.3. The molecule has 4 rings (SSSR count). The van der Waals surface area contributed by atoms with Crippen molar-refractivity contribution in [3.8, 4) is 0 Å². The second-order valence-corrected chi connectivity index (χ2v) is 9.08. The number of hydrogen-bond donors (Lipinski definition) is 1. The first kappa shape index (κ1) is 14.9. The first-order valence-electron chi connectivity index (χ1n) is 9.29. The number of allylic oxidation sites excluding steroid dienone is 1. The first-order valence-corrected chi connectivity index (χ1v) is 9.29. The van der Waals surface area contributed by atoms with E-state index in [0.717, 1.165) is 31.1 Å². The van der Waals surface area contributed by atoms with Gasteiger partial charge in [0.1, 0.15) is 0 Å². The summed E-state index contributed by atoms with van der Waals surface area (Å²) >= 11 is 0. The Morgan fingerprint density at radius 2 is 1.91 bits per heavy atom. The third-order valence-electron chi connectivity index (χ3n) is 8.46. The van der Waals surface area contributed by atoms with Crippen LogP contribution in [0.2, 0.25) is 0 Å². The molecule has 0 aromatic heterocycles. The molecule has 0 heterocycles. The monoisotopic (exact) mass is 302 g/mol. The summed E-state index contributed by atoms with van der Waals surface area (Å²) in [6.07, 6.45) is 9.59. The fourth-order valence-electron chi connectivity index (χ4n) is 6.91. The van der Waals surface area contributed by atoms with Crippen LogP contribution < -0.4 is 0 Å². The van der Waals surface area contributed by atoms with Crippen molar-refractivity contribution in [2.24, 2.45) is 34.5 Å². The summed E-state index contributed by atoms with van der Waals surface area (Å²) in [6, 6.07) is 0. The van der Waals surface area contributed by atoms with Crippen LogP contribution in [-0.4, -0.2) is 17.0 Å². The number of carbonyl (C=O) groups is 1. The van der Waals surface area contributed by atoms with E-state index in [1.807, 2.05) is 6.08 Å². The fourth-order valence-corrected chi connectivity index (χ4v) is 6.91. The molecule has 3 fully saturated rings. The first-order chi connectivity index (χ1) is 10.4. The average molecular weight is 302 g/mol. The van der Waals surface area contributed by atoms with Gasteiger partial charge in [-0.15, -0.1) is 0 Å². The minimum atomic E-state index is -0.0893. The summed E-state index contributed by atoms with van der Waals surface area (Å²) in [5.41, 5.74) is 1.83. The molecule has 2 heteroatoms. The van der Waals surface area contributed by atoms with Crippen LogP contribution in [0.15, 0.2) is 11.6 Å². The van der Waals surface area contributed by atoms with Crippen LogP contribution in [0.25, 0.3) is 0 Å². The van der Waals surface area contributed by atoms with Crippen molar-refractivity contribution >= 4 is 5.78 Å². The van der Waals surface area contributed by atoms with E-state index < -0.39 is 0 Å². The van der Waals surface area contributed by atoms with Gasteiger partial charge in [-0.3, -0.25) is 4.79 Å². The highest BCUT2D eigenvalue weighted by atomic mass is 16.3. The highest BCUT2D eigenvalue weighted by molar-refractivity contribution is 5.92. The molecular weight excluding hydrogens is 272 g/mol. The lowest BCUT2D eigenvalue weighted by molar-refractivity contribution is -0.121. The SMILES string of the molecule is CC1CC(=O)C=C2CC[C@@H]3[C@@H](CC[C@]4(C)C(O)CC[C@@H]34)[C@]21C. The quantitative estimate of drug-likeness (QED) is 0.730. The second kappa shape index (κ2) is 4.69. The number of hydrogen-bond acceptors (Lipinski definition) is 2. The lowest BCUT2D eigenvalue weighted by Crippen LogP contribution is -2.53. The lowest BCUT2D eigenvalue weighted by atomic mass is 9.45. The van der Waals surface area contributed by atoms with Crippen molar-refractivity contribution in [2.45, 2.75) is 71.8 Å². The van der Waals surface area contributed by atoms with Gasteiger partial charge in [0.2, 0.25) is 0 Å². The molecule has 0 amide bonds. The third kappa shape index (κ3) is 1.74. The Bertz CT molecular complexity index is 536. The molecule has 0 aromatic rings. The van der Waals surface area contributed by atoms with Gasteiger partial charge in [0.15, 0.2) is 5.78 Å². The Balaban J connectivity index is 1.72. The summed E-state index contributed by atoms with van der Waals surface area (Å²) in [4.78, 5) is 12.0. The van der Waals surface area contributed by atoms with Gasteiger partial charge in [-0.1, -0.05) is 26.3 Å². The third-order valence-corrected chi connectivity index (χ3v) is 8.46. The van der Waals surface area contributed by atoms with Gasteiger partial charge >= 0.3 is 0 Å². The molecule has 0 bridgehead atoms. The topological polar surface area (TPSA) is 37.3 Å². The molecule has 0 radical (unpaired) electrons. The minimum Gasteiger partial charge on any atom is -0.393 e. The van der Waals surface area contributed by atoms with Crippen LogP contribution in [-0.2, 0) is 4.79 Å². The number of rotatable bonds is 0. The molecule has 1 N–H and O–H groups in total. The van der Waals surface area contributed by atoms with Crippen molar-refractivity contribution in [1.82, 2.24) is 0 Å². The van der Waals surface area contributed by atoms with E-state index in [4.69, 9.17) is 0 Å². The number of aliphatic hydroxyl groups is 1. The largest absolute Gasteiger partial charge is 0.393 e. The number of fused-ring (bicyclic) bond motifs is 5. The maximum atomic E-state index is 12.0. The van der Waals surface area contributed by atoms with Gasteiger partial charge in [-0.05, 0) is 79.1 Å². The average Bonchev–Trinajstić information content (AvgIpc) is 2.77. The molecule has 0 aromatic carbocycles. The summed E-state index contributed by atoms with van der Waals surface area (Å²) in [7, 11) is 0. The van der Waals surface area contributed by atoms with Crippen molar-refractivity contribution in [1.29, 1.82) is 0 Å². The molecule has 0 spiro atoms. The van der Waals surface area contributed by atoms with Crippen LogP contribution in [0.1, 0.15) is 65.7 Å². The molecule has 4 aliphatic carbocycles. The number of aliphatic hydroxyl groups excluding tert-OH is 1.